The lowest BCUT2D eigenvalue weighted by molar-refractivity contribution is 0.0503. The Bertz CT molecular complexity index is 957. The fourth-order valence-electron chi connectivity index (χ4n) is 2.34. The van der Waals surface area contributed by atoms with Gasteiger partial charge in [-0.3, -0.25) is 10.1 Å². The zero-order chi connectivity index (χ0) is 19.9. The van der Waals surface area contributed by atoms with Crippen LogP contribution < -0.4 is 14.8 Å². The molecule has 0 unspecified atom stereocenters. The third-order valence-corrected chi connectivity index (χ3v) is 4.29. The van der Waals surface area contributed by atoms with Crippen molar-refractivity contribution in [1.82, 2.24) is 0 Å². The zero-order valence-electron chi connectivity index (χ0n) is 14.8. The first-order valence-electron chi connectivity index (χ1n) is 8.14. The summed E-state index contributed by atoms with van der Waals surface area (Å²) in [4.78, 5) is 24.8. The van der Waals surface area contributed by atoms with Gasteiger partial charge in [0.25, 0.3) is 0 Å². The van der Waals surface area contributed by atoms with Gasteiger partial charge in [0.1, 0.15) is 17.3 Å². The number of anilines is 1. The number of thiophene rings is 1. The highest BCUT2D eigenvalue weighted by Gasteiger charge is 2.17. The van der Waals surface area contributed by atoms with E-state index in [1.165, 1.54) is 48.8 Å². The summed E-state index contributed by atoms with van der Waals surface area (Å²) in [6.45, 7) is -0.0245. The van der Waals surface area contributed by atoms with E-state index in [-0.39, 0.29) is 23.9 Å². The van der Waals surface area contributed by atoms with Crippen LogP contribution in [0.1, 0.15) is 15.9 Å². The molecule has 0 aliphatic carbocycles. The average Bonchev–Trinajstić information content (AvgIpc) is 3.23. The molecular weight excluding hydrogens is 385 g/mol. The van der Waals surface area contributed by atoms with Crippen molar-refractivity contribution >= 4 is 28.9 Å². The largest absolute Gasteiger partial charge is 0.467 e. The Morgan fingerprint density at radius 2 is 1.89 bits per heavy atom. The molecule has 0 radical (unpaired) electrons. The monoisotopic (exact) mass is 401 g/mol. The van der Waals surface area contributed by atoms with Gasteiger partial charge in [-0.15, -0.1) is 0 Å². The minimum atomic E-state index is -0.772. The Morgan fingerprint density at radius 1 is 1.11 bits per heavy atom. The third kappa shape index (κ3) is 4.93. The Balaban J connectivity index is 1.79. The molecule has 3 rings (SSSR count). The second-order valence-electron chi connectivity index (χ2n) is 5.57. The molecule has 1 N–H and O–H groups in total. The fraction of sp³-hybridized carbons (Fsp3) is 0.100. The van der Waals surface area contributed by atoms with Gasteiger partial charge >= 0.3 is 6.09 Å². The van der Waals surface area contributed by atoms with E-state index in [0.717, 1.165) is 0 Å². The lowest BCUT2D eigenvalue weighted by Gasteiger charge is -2.12. The second kappa shape index (κ2) is 9.12. The number of benzene rings is 2. The van der Waals surface area contributed by atoms with Crippen molar-refractivity contribution < 1.29 is 28.2 Å². The van der Waals surface area contributed by atoms with Crippen LogP contribution in [0.4, 0.5) is 14.9 Å². The van der Waals surface area contributed by atoms with Gasteiger partial charge in [-0.2, -0.15) is 11.3 Å². The summed E-state index contributed by atoms with van der Waals surface area (Å²) in [7, 11) is 1.47. The molecule has 1 heterocycles. The summed E-state index contributed by atoms with van der Waals surface area (Å²) >= 11 is 1.40. The smallest absolute Gasteiger partial charge is 0.417 e. The first-order valence-corrected chi connectivity index (χ1v) is 9.08. The minimum absolute atomic E-state index is 0.0245. The van der Waals surface area contributed by atoms with E-state index in [1.807, 2.05) is 0 Å². The molecule has 3 aromatic rings. The first kappa shape index (κ1) is 19.5. The number of methoxy groups -OCH3 is 1. The van der Waals surface area contributed by atoms with Crippen molar-refractivity contribution in [3.05, 3.63) is 76.2 Å². The van der Waals surface area contributed by atoms with Gasteiger partial charge in [-0.25, -0.2) is 9.18 Å². The predicted molar refractivity (Wildman–Crippen MR) is 103 cm³/mol. The van der Waals surface area contributed by atoms with Crippen LogP contribution in [-0.4, -0.2) is 25.8 Å². The number of ketones is 1. The van der Waals surface area contributed by atoms with Crippen LogP contribution in [0.15, 0.2) is 59.3 Å². The maximum Gasteiger partial charge on any atom is 0.417 e. The Labute approximate surface area is 164 Å². The normalized spacial score (nSPS) is 10.4. The topological polar surface area (TPSA) is 73.9 Å². The zero-order valence-corrected chi connectivity index (χ0v) is 15.6. The van der Waals surface area contributed by atoms with Crippen molar-refractivity contribution in [3.63, 3.8) is 0 Å². The summed E-state index contributed by atoms with van der Waals surface area (Å²) in [6, 6.07) is 11.4. The Kier molecular flexibility index (Phi) is 6.36. The lowest BCUT2D eigenvalue weighted by Crippen LogP contribution is -2.17. The molecule has 1 amide bonds. The number of carbonyl (C=O) groups excluding carboxylic acids is 2. The van der Waals surface area contributed by atoms with Crippen molar-refractivity contribution in [1.29, 1.82) is 0 Å². The van der Waals surface area contributed by atoms with Gasteiger partial charge in [0.2, 0.25) is 0 Å². The van der Waals surface area contributed by atoms with Gasteiger partial charge < -0.3 is 14.2 Å². The molecule has 144 valence electrons. The summed E-state index contributed by atoms with van der Waals surface area (Å²) in [5.41, 5.74) is 1.13. The maximum atomic E-state index is 12.9. The molecule has 0 atom stereocenters. The number of rotatable bonds is 7. The van der Waals surface area contributed by atoms with Crippen LogP contribution in [-0.2, 0) is 4.74 Å². The molecule has 0 saturated carbocycles. The SMILES string of the molecule is COCOc1ccc(NC(=O)Oc2ccc(F)cc2)cc1C(=O)c1ccsc1. The van der Waals surface area contributed by atoms with E-state index in [0.29, 0.717) is 17.0 Å². The van der Waals surface area contributed by atoms with E-state index >= 15 is 0 Å². The summed E-state index contributed by atoms with van der Waals surface area (Å²) in [6.07, 6.45) is -0.772. The van der Waals surface area contributed by atoms with Crippen molar-refractivity contribution in [2.24, 2.45) is 0 Å². The van der Waals surface area contributed by atoms with Gasteiger partial charge in [-0.1, -0.05) is 0 Å². The highest BCUT2D eigenvalue weighted by atomic mass is 32.1. The molecule has 0 fully saturated rings. The number of amides is 1. The third-order valence-electron chi connectivity index (χ3n) is 3.61. The van der Waals surface area contributed by atoms with E-state index in [9.17, 15) is 14.0 Å². The number of halogens is 1. The maximum absolute atomic E-state index is 12.9. The molecule has 28 heavy (non-hydrogen) atoms. The van der Waals surface area contributed by atoms with E-state index < -0.39 is 11.9 Å². The van der Waals surface area contributed by atoms with Gasteiger partial charge in [0, 0.05) is 23.7 Å². The standard InChI is InChI=1S/C20H16FNO5S/c1-25-12-26-18-7-4-15(10-17(18)19(23)13-8-9-28-11-13)22-20(24)27-16-5-2-14(21)3-6-16/h2-11H,12H2,1H3,(H,22,24). The van der Waals surface area contributed by atoms with Crippen LogP contribution in [0.3, 0.4) is 0 Å². The Hall–Kier alpha value is -3.23. The highest BCUT2D eigenvalue weighted by molar-refractivity contribution is 7.08. The first-order chi connectivity index (χ1) is 13.6. The molecule has 0 aliphatic heterocycles. The minimum Gasteiger partial charge on any atom is -0.467 e. The fourth-order valence-corrected chi connectivity index (χ4v) is 2.97. The van der Waals surface area contributed by atoms with Gasteiger partial charge in [0.15, 0.2) is 12.6 Å². The second-order valence-corrected chi connectivity index (χ2v) is 6.35. The predicted octanol–water partition coefficient (Wildman–Crippen LogP) is 4.71. The van der Waals surface area contributed by atoms with E-state index in [1.54, 1.807) is 29.0 Å². The number of carbonyl (C=O) groups is 2. The molecule has 0 bridgehead atoms. The van der Waals surface area contributed by atoms with E-state index in [4.69, 9.17) is 14.2 Å². The number of ether oxygens (including phenoxy) is 3. The van der Waals surface area contributed by atoms with Gasteiger partial charge in [-0.05, 0) is 53.9 Å². The molecule has 1 aromatic heterocycles. The highest BCUT2D eigenvalue weighted by Crippen LogP contribution is 2.27. The quantitative estimate of drug-likeness (QED) is 0.458. The molecule has 0 spiro atoms. The molecule has 6 nitrogen and oxygen atoms in total. The number of nitrogens with one attached hydrogen (secondary N) is 1. The number of hydrogen-bond donors (Lipinski definition) is 1. The summed E-state index contributed by atoms with van der Waals surface area (Å²) in [5.74, 6) is -0.164. The molecule has 8 heteroatoms. The van der Waals surface area contributed by atoms with Crippen molar-refractivity contribution in [3.8, 4) is 11.5 Å². The molecule has 0 aliphatic rings. The van der Waals surface area contributed by atoms with Gasteiger partial charge in [0.05, 0.1) is 5.56 Å². The van der Waals surface area contributed by atoms with Crippen LogP contribution in [0.5, 0.6) is 11.5 Å². The lowest BCUT2D eigenvalue weighted by atomic mass is 10.0. The average molecular weight is 401 g/mol. The molecule has 2 aromatic carbocycles. The Morgan fingerprint density at radius 3 is 2.57 bits per heavy atom. The van der Waals surface area contributed by atoms with Crippen LogP contribution >= 0.6 is 11.3 Å². The van der Waals surface area contributed by atoms with Crippen LogP contribution in [0, 0.1) is 5.82 Å². The summed E-state index contributed by atoms with van der Waals surface area (Å²) in [5, 5.41) is 6.06. The number of hydrogen-bond acceptors (Lipinski definition) is 6. The molecule has 0 saturated heterocycles. The van der Waals surface area contributed by atoms with Crippen LogP contribution in [0.2, 0.25) is 0 Å². The van der Waals surface area contributed by atoms with Crippen molar-refractivity contribution in [2.75, 3.05) is 19.2 Å². The summed E-state index contributed by atoms with van der Waals surface area (Å²) < 4.78 is 28.4. The van der Waals surface area contributed by atoms with Crippen LogP contribution in [0.25, 0.3) is 0 Å². The van der Waals surface area contributed by atoms with Crippen molar-refractivity contribution in [2.45, 2.75) is 0 Å². The van der Waals surface area contributed by atoms with E-state index in [2.05, 4.69) is 5.32 Å². The molecular formula is C20H16FNO5S.